The van der Waals surface area contributed by atoms with Crippen LogP contribution in [0.4, 0.5) is 0 Å². The summed E-state index contributed by atoms with van der Waals surface area (Å²) in [5.41, 5.74) is 4.45. The Balaban J connectivity index is 1.43. The summed E-state index contributed by atoms with van der Waals surface area (Å²) in [6.07, 6.45) is 4.66. The number of ether oxygens (including phenoxy) is 4. The van der Waals surface area contributed by atoms with Gasteiger partial charge < -0.3 is 24.3 Å². The molecule has 1 saturated heterocycles. The molecule has 3 aliphatic heterocycles. The van der Waals surface area contributed by atoms with E-state index in [2.05, 4.69) is 40.4 Å². The monoisotopic (exact) mass is 634 g/mol. The maximum Gasteiger partial charge on any atom is 0.244 e. The maximum atomic E-state index is 13.1. The number of benzene rings is 2. The van der Waals surface area contributed by atoms with Gasteiger partial charge in [-0.3, -0.25) is 14.6 Å². The molecule has 2 aromatic carbocycles. The first-order valence-corrected chi connectivity index (χ1v) is 15.6. The predicted molar refractivity (Wildman–Crippen MR) is 170 cm³/mol. The highest BCUT2D eigenvalue weighted by atomic mass is 35.5. The van der Waals surface area contributed by atoms with Crippen molar-refractivity contribution in [2.45, 2.75) is 43.1 Å². The number of halogens is 1. The lowest BCUT2D eigenvalue weighted by Gasteiger charge is -2.60. The molecule has 0 spiro atoms. The number of likely N-dealkylation sites (N-methyl/N-ethyl adjacent to an activating group) is 1. The van der Waals surface area contributed by atoms with Crippen LogP contribution >= 0.6 is 22.9 Å². The molecule has 1 N–H and O–H groups in total. The van der Waals surface area contributed by atoms with Crippen molar-refractivity contribution in [2.75, 3.05) is 42.0 Å². The summed E-state index contributed by atoms with van der Waals surface area (Å²) in [7, 11) is 8.65. The van der Waals surface area contributed by atoms with Crippen LogP contribution in [-0.2, 0) is 17.6 Å². The van der Waals surface area contributed by atoms with Crippen molar-refractivity contribution in [3.63, 3.8) is 0 Å². The van der Waals surface area contributed by atoms with E-state index in [0.717, 1.165) is 27.1 Å². The standard InChI is InChI=1S/C33H35ClN4O5S/c1-37-23-10-19-13-28(41-3)30(43-5)15-22(19)33(37)24-11-18-12-27(40-2)29(42-4)14-21(18)26(38(24)25(23)16-35)17-36-32(39)9-7-20-6-8-31(34)44-20/h6-9,12-15,23-26,33H,10-11,17H2,1-5H3,(H,36,39)/b9-7+/t23-,24-,25-,26-,33+/m0/s1. The number of carbonyl (C=O) groups excluding carboxylic acids is 1. The minimum atomic E-state index is -0.422. The summed E-state index contributed by atoms with van der Waals surface area (Å²) < 4.78 is 23.4. The van der Waals surface area contributed by atoms with E-state index < -0.39 is 6.04 Å². The van der Waals surface area contributed by atoms with Gasteiger partial charge in [-0.15, -0.1) is 11.3 Å². The molecule has 230 valence electrons. The van der Waals surface area contributed by atoms with Gasteiger partial charge in [0.05, 0.1) is 50.9 Å². The van der Waals surface area contributed by atoms with Crippen LogP contribution in [0, 0.1) is 11.3 Å². The molecule has 3 aliphatic rings. The summed E-state index contributed by atoms with van der Waals surface area (Å²) in [6, 6.07) is 13.7. The Morgan fingerprint density at radius 2 is 1.57 bits per heavy atom. The Morgan fingerprint density at radius 1 is 0.977 bits per heavy atom. The number of hydrogen-bond donors (Lipinski definition) is 1. The van der Waals surface area contributed by atoms with Crippen molar-refractivity contribution in [1.82, 2.24) is 15.1 Å². The van der Waals surface area contributed by atoms with Crippen LogP contribution in [0.5, 0.6) is 23.0 Å². The van der Waals surface area contributed by atoms with E-state index in [0.29, 0.717) is 46.7 Å². The van der Waals surface area contributed by atoms with Crippen molar-refractivity contribution < 1.29 is 23.7 Å². The molecule has 6 rings (SSSR count). The van der Waals surface area contributed by atoms with Crippen molar-refractivity contribution in [1.29, 1.82) is 5.26 Å². The van der Waals surface area contributed by atoms with Gasteiger partial charge in [-0.1, -0.05) is 11.6 Å². The van der Waals surface area contributed by atoms with Gasteiger partial charge in [0.1, 0.15) is 6.04 Å². The first kappa shape index (κ1) is 30.3. The van der Waals surface area contributed by atoms with Gasteiger partial charge in [0, 0.05) is 29.6 Å². The molecule has 9 nitrogen and oxygen atoms in total. The Kier molecular flexibility index (Phi) is 8.49. The molecule has 0 unspecified atom stereocenters. The predicted octanol–water partition coefficient (Wildman–Crippen LogP) is 5.04. The quantitative estimate of drug-likeness (QED) is 0.345. The number of amides is 1. The Hall–Kier alpha value is -3.75. The third kappa shape index (κ3) is 5.18. The number of rotatable bonds is 8. The second-order valence-corrected chi connectivity index (χ2v) is 13.0. The second kappa shape index (κ2) is 12.3. The lowest BCUT2D eigenvalue weighted by molar-refractivity contribution is -0.117. The molecule has 5 atom stereocenters. The van der Waals surface area contributed by atoms with E-state index in [1.807, 2.05) is 18.2 Å². The van der Waals surface area contributed by atoms with Gasteiger partial charge in [-0.05, 0) is 84.6 Å². The molecule has 0 saturated carbocycles. The van der Waals surface area contributed by atoms with Crippen molar-refractivity contribution in [3.05, 3.63) is 73.9 Å². The highest BCUT2D eigenvalue weighted by Gasteiger charge is 2.54. The van der Waals surface area contributed by atoms with Crippen LogP contribution in [-0.4, -0.2) is 75.9 Å². The first-order chi connectivity index (χ1) is 21.3. The molecule has 0 radical (unpaired) electrons. The van der Waals surface area contributed by atoms with E-state index >= 15 is 0 Å². The highest BCUT2D eigenvalue weighted by molar-refractivity contribution is 7.17. The lowest BCUT2D eigenvalue weighted by atomic mass is 9.72. The molecule has 44 heavy (non-hydrogen) atoms. The molecule has 1 fully saturated rings. The van der Waals surface area contributed by atoms with Crippen molar-refractivity contribution >= 4 is 34.9 Å². The number of piperazine rings is 1. The van der Waals surface area contributed by atoms with Crippen LogP contribution in [0.3, 0.4) is 0 Å². The molecule has 4 heterocycles. The molecule has 2 bridgehead atoms. The first-order valence-electron chi connectivity index (χ1n) is 14.4. The van der Waals surface area contributed by atoms with Crippen LogP contribution < -0.4 is 24.3 Å². The van der Waals surface area contributed by atoms with Crippen molar-refractivity contribution in [3.8, 4) is 29.1 Å². The minimum absolute atomic E-state index is 0.0175. The van der Waals surface area contributed by atoms with Gasteiger partial charge in [0.15, 0.2) is 23.0 Å². The molecular formula is C33H35ClN4O5S. The van der Waals surface area contributed by atoms with Gasteiger partial charge in [0.2, 0.25) is 5.91 Å². The van der Waals surface area contributed by atoms with Gasteiger partial charge >= 0.3 is 0 Å². The van der Waals surface area contributed by atoms with Gasteiger partial charge in [0.25, 0.3) is 0 Å². The normalized spacial score (nSPS) is 24.1. The third-order valence-electron chi connectivity index (χ3n) is 9.18. The number of methoxy groups -OCH3 is 4. The zero-order chi connectivity index (χ0) is 31.1. The Bertz CT molecular complexity index is 1650. The molecular weight excluding hydrogens is 600 g/mol. The molecule has 3 aromatic rings. The third-order valence-corrected chi connectivity index (χ3v) is 10.4. The fraction of sp³-hybridized carbons (Fsp3) is 0.394. The van der Waals surface area contributed by atoms with E-state index in [-0.39, 0.29) is 30.1 Å². The minimum Gasteiger partial charge on any atom is -0.493 e. The van der Waals surface area contributed by atoms with E-state index in [9.17, 15) is 10.1 Å². The van der Waals surface area contributed by atoms with Crippen LogP contribution in [0.25, 0.3) is 6.08 Å². The number of fused-ring (bicyclic) bond motifs is 7. The Labute approximate surface area is 266 Å². The highest BCUT2D eigenvalue weighted by Crippen LogP contribution is 2.52. The van der Waals surface area contributed by atoms with Crippen LogP contribution in [0.1, 0.15) is 39.2 Å². The van der Waals surface area contributed by atoms with E-state index in [4.69, 9.17) is 30.5 Å². The average molecular weight is 635 g/mol. The molecule has 1 amide bonds. The molecule has 0 aliphatic carbocycles. The summed E-state index contributed by atoms with van der Waals surface area (Å²) in [4.78, 5) is 18.6. The topological polar surface area (TPSA) is 96.3 Å². The summed E-state index contributed by atoms with van der Waals surface area (Å²) >= 11 is 7.46. The lowest BCUT2D eigenvalue weighted by Crippen LogP contribution is -2.68. The molecule has 1 aromatic heterocycles. The number of nitriles is 1. The fourth-order valence-electron chi connectivity index (χ4n) is 7.22. The summed E-state index contributed by atoms with van der Waals surface area (Å²) in [5.74, 6) is 2.40. The summed E-state index contributed by atoms with van der Waals surface area (Å²) in [6.45, 7) is 0.313. The number of carbonyl (C=O) groups is 1. The summed E-state index contributed by atoms with van der Waals surface area (Å²) in [5, 5.41) is 13.8. The molecule has 11 heteroatoms. The Morgan fingerprint density at radius 3 is 2.16 bits per heavy atom. The average Bonchev–Trinajstić information content (AvgIpc) is 3.46. The zero-order valence-electron chi connectivity index (χ0n) is 25.3. The van der Waals surface area contributed by atoms with Crippen LogP contribution in [0.15, 0.2) is 42.5 Å². The number of thiophene rings is 1. The number of hydrogen-bond acceptors (Lipinski definition) is 9. The second-order valence-electron chi connectivity index (χ2n) is 11.2. The number of nitrogens with one attached hydrogen (secondary N) is 1. The van der Waals surface area contributed by atoms with Crippen molar-refractivity contribution in [2.24, 2.45) is 0 Å². The van der Waals surface area contributed by atoms with E-state index in [1.165, 1.54) is 17.4 Å². The van der Waals surface area contributed by atoms with Crippen LogP contribution in [0.2, 0.25) is 4.34 Å². The zero-order valence-corrected chi connectivity index (χ0v) is 26.9. The maximum absolute atomic E-state index is 13.1. The number of nitrogens with zero attached hydrogens (tertiary/aromatic N) is 3. The van der Waals surface area contributed by atoms with E-state index in [1.54, 1.807) is 40.6 Å². The van der Waals surface area contributed by atoms with Gasteiger partial charge in [-0.25, -0.2) is 0 Å². The largest absolute Gasteiger partial charge is 0.493 e. The van der Waals surface area contributed by atoms with Gasteiger partial charge in [-0.2, -0.15) is 5.26 Å². The SMILES string of the molecule is COc1cc2c(cc1OC)[C@@H]1[C@@H]3Cc4cc(OC)c(OC)cc4[C@H](CNC(=O)/C=C/c4ccc(Cl)s4)N3[C@@H](C#N)[C@H](C2)N1C. The smallest absolute Gasteiger partial charge is 0.244 e. The fourth-order valence-corrected chi connectivity index (χ4v) is 8.18.